The van der Waals surface area contributed by atoms with Crippen LogP contribution < -0.4 is 5.32 Å². The van der Waals surface area contributed by atoms with Crippen molar-refractivity contribution in [1.29, 1.82) is 0 Å². The Morgan fingerprint density at radius 3 is 1.89 bits per heavy atom. The number of rotatable bonds is 20. The first-order chi connectivity index (χ1) is 13.1. The van der Waals surface area contributed by atoms with Gasteiger partial charge in [-0.15, -0.1) is 0 Å². The van der Waals surface area contributed by atoms with Crippen LogP contribution in [0.2, 0.25) is 0 Å². The van der Waals surface area contributed by atoms with E-state index in [0.717, 1.165) is 25.8 Å². The molecule has 1 amide bonds. The van der Waals surface area contributed by atoms with Crippen molar-refractivity contribution in [3.8, 4) is 0 Å². The first kappa shape index (κ1) is 27.4. The lowest BCUT2D eigenvalue weighted by Crippen LogP contribution is -2.24. The van der Waals surface area contributed by atoms with Crippen molar-refractivity contribution in [3.63, 3.8) is 0 Å². The molecule has 0 saturated carbocycles. The zero-order chi connectivity index (χ0) is 20.2. The van der Waals surface area contributed by atoms with Crippen LogP contribution in [-0.2, 0) is 9.53 Å². The number of hydrogen-bond acceptors (Lipinski definition) is 2. The average Bonchev–Trinajstić information content (AvgIpc) is 2.66. The van der Waals surface area contributed by atoms with Crippen molar-refractivity contribution < 1.29 is 9.53 Å². The van der Waals surface area contributed by atoms with E-state index in [0.29, 0.717) is 22.7 Å². The second-order valence-corrected chi connectivity index (χ2v) is 9.94. The molecule has 0 aliphatic rings. The number of hydrogen-bond donors (Lipinski definition) is 1. The Bertz CT molecular complexity index is 329. The molecule has 27 heavy (non-hydrogen) atoms. The van der Waals surface area contributed by atoms with Crippen LogP contribution in [0.25, 0.3) is 0 Å². The van der Waals surface area contributed by atoms with E-state index in [2.05, 4.69) is 44.1 Å². The van der Waals surface area contributed by atoms with Crippen LogP contribution in [0.3, 0.4) is 0 Å². The Hall–Kier alpha value is 0.390. The number of alkyl halides is 2. The first-order valence-electron chi connectivity index (χ1n) is 11.2. The fraction of sp³-hybridized carbons (Fsp3) is 0.955. The van der Waals surface area contributed by atoms with Gasteiger partial charge in [0.2, 0.25) is 5.91 Å². The molecule has 0 saturated heterocycles. The summed E-state index contributed by atoms with van der Waals surface area (Å²) in [5.41, 5.74) is 0. The minimum absolute atomic E-state index is 0.184. The van der Waals surface area contributed by atoms with Gasteiger partial charge in [-0.05, 0) is 25.7 Å². The third kappa shape index (κ3) is 19.5. The average molecular weight is 513 g/mol. The molecule has 0 aromatic heterocycles. The van der Waals surface area contributed by atoms with Gasteiger partial charge in [-0.25, -0.2) is 0 Å². The highest BCUT2D eigenvalue weighted by atomic mass is 79.9. The van der Waals surface area contributed by atoms with Gasteiger partial charge in [0.1, 0.15) is 0 Å². The summed E-state index contributed by atoms with van der Waals surface area (Å²) < 4.78 is 4.97. The zero-order valence-electron chi connectivity index (χ0n) is 17.7. The summed E-state index contributed by atoms with van der Waals surface area (Å²) in [6, 6.07) is 0. The Balaban J connectivity index is 3.41. The van der Waals surface area contributed by atoms with Gasteiger partial charge < -0.3 is 10.1 Å². The molecular formula is C22H43Br2NO2. The molecule has 0 aromatic rings. The van der Waals surface area contributed by atoms with Gasteiger partial charge in [0.25, 0.3) is 0 Å². The monoisotopic (exact) mass is 511 g/mol. The van der Waals surface area contributed by atoms with Gasteiger partial charge in [-0.2, -0.15) is 0 Å². The van der Waals surface area contributed by atoms with Gasteiger partial charge in [-0.1, -0.05) is 103 Å². The maximum Gasteiger partial charge on any atom is 0.219 e. The molecule has 0 aliphatic carbocycles. The van der Waals surface area contributed by atoms with E-state index in [-0.39, 0.29) is 5.91 Å². The molecule has 0 heterocycles. The summed E-state index contributed by atoms with van der Waals surface area (Å²) in [5, 5.41) is 2.95. The standard InChI is InChI=1S/C22H43Br2NO2/c1-3-4-5-6-8-11-15-20(23)21(24)16-12-9-7-10-13-17-22(26)25-18-14-19-27-2/h20-21H,3-19H2,1-2H3,(H,25,26)/t20-,21-/m1/s1. The summed E-state index contributed by atoms with van der Waals surface area (Å²) in [6.45, 7) is 3.71. The van der Waals surface area contributed by atoms with E-state index < -0.39 is 0 Å². The van der Waals surface area contributed by atoms with Crippen LogP contribution in [0.5, 0.6) is 0 Å². The Morgan fingerprint density at radius 1 is 0.815 bits per heavy atom. The highest BCUT2D eigenvalue weighted by molar-refractivity contribution is 9.12. The second-order valence-electron chi connectivity index (χ2n) is 7.59. The molecule has 3 nitrogen and oxygen atoms in total. The lowest BCUT2D eigenvalue weighted by atomic mass is 10.0. The van der Waals surface area contributed by atoms with Crippen molar-refractivity contribution in [3.05, 3.63) is 0 Å². The van der Waals surface area contributed by atoms with Crippen molar-refractivity contribution in [2.45, 2.75) is 113 Å². The van der Waals surface area contributed by atoms with E-state index in [9.17, 15) is 4.79 Å². The minimum atomic E-state index is 0.184. The third-order valence-electron chi connectivity index (χ3n) is 4.96. The molecule has 0 unspecified atom stereocenters. The van der Waals surface area contributed by atoms with Crippen LogP contribution in [0, 0.1) is 0 Å². The quantitative estimate of drug-likeness (QED) is 0.139. The number of methoxy groups -OCH3 is 1. The zero-order valence-corrected chi connectivity index (χ0v) is 20.9. The molecule has 0 spiro atoms. The Labute approximate surface area is 185 Å². The molecule has 0 rings (SSSR count). The lowest BCUT2D eigenvalue weighted by Gasteiger charge is -2.16. The predicted molar refractivity (Wildman–Crippen MR) is 125 cm³/mol. The smallest absolute Gasteiger partial charge is 0.219 e. The van der Waals surface area contributed by atoms with E-state index in [1.165, 1.54) is 70.6 Å². The maximum atomic E-state index is 11.7. The minimum Gasteiger partial charge on any atom is -0.385 e. The SMILES string of the molecule is CCCCCCCC[C@@H](Br)[C@H](Br)CCCCCCCC(=O)NCCCOC. The number of unbranched alkanes of at least 4 members (excludes halogenated alkanes) is 9. The third-order valence-corrected chi connectivity index (χ3v) is 7.86. The molecule has 0 aliphatic heterocycles. The van der Waals surface area contributed by atoms with Gasteiger partial charge in [0, 0.05) is 36.3 Å². The summed E-state index contributed by atoms with van der Waals surface area (Å²) in [7, 11) is 1.69. The molecule has 0 aromatic carbocycles. The molecule has 0 fully saturated rings. The topological polar surface area (TPSA) is 38.3 Å². The number of amides is 1. The van der Waals surface area contributed by atoms with Crippen LogP contribution in [0.15, 0.2) is 0 Å². The molecule has 2 atom stereocenters. The van der Waals surface area contributed by atoms with Gasteiger partial charge in [-0.3, -0.25) is 4.79 Å². The number of ether oxygens (including phenoxy) is 1. The Kier molecular flexibility index (Phi) is 21.4. The molecule has 162 valence electrons. The maximum absolute atomic E-state index is 11.7. The first-order valence-corrected chi connectivity index (χ1v) is 13.0. The van der Waals surface area contributed by atoms with Crippen molar-refractivity contribution in [2.75, 3.05) is 20.3 Å². The van der Waals surface area contributed by atoms with E-state index in [4.69, 9.17) is 4.74 Å². The van der Waals surface area contributed by atoms with Gasteiger partial charge in [0.05, 0.1) is 0 Å². The van der Waals surface area contributed by atoms with Crippen LogP contribution in [0.1, 0.15) is 103 Å². The largest absolute Gasteiger partial charge is 0.385 e. The molecule has 0 radical (unpaired) electrons. The van der Waals surface area contributed by atoms with Crippen molar-refractivity contribution >= 4 is 37.8 Å². The Morgan fingerprint density at radius 2 is 1.33 bits per heavy atom. The second kappa shape index (κ2) is 21.1. The number of carbonyl (C=O) groups is 1. The highest BCUT2D eigenvalue weighted by Crippen LogP contribution is 2.25. The summed E-state index contributed by atoms with van der Waals surface area (Å²) in [4.78, 5) is 12.8. The highest BCUT2D eigenvalue weighted by Gasteiger charge is 2.14. The summed E-state index contributed by atoms with van der Waals surface area (Å²) in [5.74, 6) is 0.184. The molecular weight excluding hydrogens is 470 g/mol. The lowest BCUT2D eigenvalue weighted by molar-refractivity contribution is -0.121. The van der Waals surface area contributed by atoms with Gasteiger partial charge >= 0.3 is 0 Å². The summed E-state index contributed by atoms with van der Waals surface area (Å²) in [6.07, 6.45) is 18.3. The molecule has 1 N–H and O–H groups in total. The van der Waals surface area contributed by atoms with Gasteiger partial charge in [0.15, 0.2) is 0 Å². The fourth-order valence-electron chi connectivity index (χ4n) is 3.17. The van der Waals surface area contributed by atoms with E-state index >= 15 is 0 Å². The normalized spacial score (nSPS) is 13.5. The van der Waals surface area contributed by atoms with E-state index in [1.807, 2.05) is 0 Å². The number of carbonyl (C=O) groups excluding carboxylic acids is 1. The summed E-state index contributed by atoms with van der Waals surface area (Å²) >= 11 is 7.73. The predicted octanol–water partition coefficient (Wildman–Crippen LogP) is 7.15. The molecule has 5 heteroatoms. The van der Waals surface area contributed by atoms with Crippen LogP contribution in [0.4, 0.5) is 0 Å². The number of nitrogens with one attached hydrogen (secondary N) is 1. The fourth-order valence-corrected chi connectivity index (χ4v) is 4.35. The van der Waals surface area contributed by atoms with Crippen molar-refractivity contribution in [1.82, 2.24) is 5.32 Å². The molecule has 0 bridgehead atoms. The van der Waals surface area contributed by atoms with E-state index in [1.54, 1.807) is 7.11 Å². The number of halogens is 2. The van der Waals surface area contributed by atoms with Crippen LogP contribution in [-0.4, -0.2) is 35.8 Å². The van der Waals surface area contributed by atoms with Crippen molar-refractivity contribution in [2.24, 2.45) is 0 Å². The van der Waals surface area contributed by atoms with Crippen LogP contribution >= 0.6 is 31.9 Å².